The fourth-order valence-corrected chi connectivity index (χ4v) is 5.14. The van der Waals surface area contributed by atoms with Crippen LogP contribution in [0.25, 0.3) is 44.3 Å². The molecule has 0 unspecified atom stereocenters. The van der Waals surface area contributed by atoms with E-state index in [0.717, 1.165) is 56.4 Å². The number of benzene rings is 4. The lowest BCUT2D eigenvalue weighted by Crippen LogP contribution is -2.15. The van der Waals surface area contributed by atoms with Crippen molar-refractivity contribution < 1.29 is 4.74 Å². The summed E-state index contributed by atoms with van der Waals surface area (Å²) in [6, 6.07) is 30.2. The average Bonchev–Trinajstić information content (AvgIpc) is 3.47. The Morgan fingerprint density at radius 2 is 1.06 bits per heavy atom. The van der Waals surface area contributed by atoms with Gasteiger partial charge in [-0.3, -0.25) is 0 Å². The maximum Gasteiger partial charge on any atom is 0.151 e. The van der Waals surface area contributed by atoms with Gasteiger partial charge in [0.2, 0.25) is 0 Å². The van der Waals surface area contributed by atoms with E-state index >= 15 is 0 Å². The number of anilines is 2. The summed E-state index contributed by atoms with van der Waals surface area (Å²) in [6.07, 6.45) is 0. The van der Waals surface area contributed by atoms with E-state index in [2.05, 4.69) is 121 Å². The molecule has 1 aliphatic heterocycles. The van der Waals surface area contributed by atoms with Crippen LogP contribution in [-0.2, 0) is 0 Å². The molecule has 170 valence electrons. The summed E-state index contributed by atoms with van der Waals surface area (Å²) < 4.78 is 6.49. The molecule has 4 heteroatoms. The minimum Gasteiger partial charge on any atom is -0.453 e. The van der Waals surface area contributed by atoms with Crippen molar-refractivity contribution >= 4 is 33.2 Å². The van der Waals surface area contributed by atoms with Crippen LogP contribution in [0.4, 0.5) is 11.4 Å². The van der Waals surface area contributed by atoms with E-state index < -0.39 is 0 Å². The molecular weight excluding hydrogens is 430 g/mol. The zero-order valence-corrected chi connectivity index (χ0v) is 19.9. The highest BCUT2D eigenvalue weighted by Gasteiger charge is 2.23. The topological polar surface area (TPSA) is 44.1 Å². The number of nitrogens with zero attached hydrogens (tertiary/aromatic N) is 1. The molecule has 0 saturated carbocycles. The number of aromatic amines is 2. The molecule has 0 saturated heterocycles. The van der Waals surface area contributed by atoms with Crippen molar-refractivity contribution in [1.82, 2.24) is 9.97 Å². The Morgan fingerprint density at radius 1 is 0.571 bits per heavy atom. The molecule has 0 amide bonds. The number of H-pyrrole nitrogens is 2. The first-order valence-electron chi connectivity index (χ1n) is 11.9. The van der Waals surface area contributed by atoms with E-state index in [9.17, 15) is 0 Å². The van der Waals surface area contributed by atoms with Crippen molar-refractivity contribution in [2.24, 2.45) is 0 Å². The van der Waals surface area contributed by atoms with E-state index in [-0.39, 0.29) is 0 Å². The molecule has 35 heavy (non-hydrogen) atoms. The number of hydrogen-bond acceptors (Lipinski definition) is 2. The predicted molar refractivity (Wildman–Crippen MR) is 145 cm³/mol. The molecule has 6 aromatic rings. The van der Waals surface area contributed by atoms with Gasteiger partial charge in [-0.25, -0.2) is 0 Å². The Morgan fingerprint density at radius 3 is 1.54 bits per heavy atom. The molecule has 3 heterocycles. The van der Waals surface area contributed by atoms with Crippen molar-refractivity contribution in [3.05, 3.63) is 96.1 Å². The zero-order chi connectivity index (χ0) is 23.7. The molecule has 0 bridgehead atoms. The largest absolute Gasteiger partial charge is 0.453 e. The Hall–Kier alpha value is -4.44. The van der Waals surface area contributed by atoms with E-state index in [1.807, 2.05) is 0 Å². The first-order chi connectivity index (χ1) is 17.0. The average molecular weight is 456 g/mol. The molecule has 0 radical (unpaired) electrons. The molecular formula is C31H25N3O. The van der Waals surface area contributed by atoms with Crippen LogP contribution in [0, 0.1) is 13.8 Å². The Kier molecular flexibility index (Phi) is 4.15. The number of ether oxygens (including phenoxy) is 1. The summed E-state index contributed by atoms with van der Waals surface area (Å²) in [6.45, 7) is 4.24. The second-order valence-corrected chi connectivity index (χ2v) is 9.57. The summed E-state index contributed by atoms with van der Waals surface area (Å²) >= 11 is 0. The molecule has 0 spiro atoms. The fourth-order valence-electron chi connectivity index (χ4n) is 5.14. The van der Waals surface area contributed by atoms with Crippen LogP contribution < -0.4 is 9.64 Å². The number of fused-ring (bicyclic) bond motifs is 4. The lowest BCUT2D eigenvalue weighted by atomic mass is 10.1. The summed E-state index contributed by atoms with van der Waals surface area (Å²) in [4.78, 5) is 9.30. The smallest absolute Gasteiger partial charge is 0.151 e. The first kappa shape index (κ1) is 20.0. The normalized spacial score (nSPS) is 12.6. The molecule has 4 nitrogen and oxygen atoms in total. The number of rotatable bonds is 2. The summed E-state index contributed by atoms with van der Waals surface area (Å²) in [5.74, 6) is 1.72. The monoisotopic (exact) mass is 455 g/mol. The Balaban J connectivity index is 1.27. The molecule has 0 fully saturated rings. The van der Waals surface area contributed by atoms with Crippen molar-refractivity contribution in [2.45, 2.75) is 13.8 Å². The summed E-state index contributed by atoms with van der Waals surface area (Å²) in [5.41, 5.74) is 11.3. The van der Waals surface area contributed by atoms with Crippen LogP contribution in [0.15, 0.2) is 84.9 Å². The fraction of sp³-hybridized carbons (Fsp3) is 0.0968. The summed E-state index contributed by atoms with van der Waals surface area (Å²) in [5, 5.41) is 2.44. The van der Waals surface area contributed by atoms with E-state index in [0.29, 0.717) is 0 Å². The van der Waals surface area contributed by atoms with Gasteiger partial charge in [0.15, 0.2) is 11.5 Å². The SMILES string of the molecule is Cc1ccc2[nH]c(-c3ccc4c(c3)Oc3cc(-c5cc6cc(C)ccc6[nH]5)ccc3N4C)cc2c1. The van der Waals surface area contributed by atoms with Crippen LogP contribution >= 0.6 is 0 Å². The van der Waals surface area contributed by atoms with E-state index in [1.54, 1.807) is 0 Å². The van der Waals surface area contributed by atoms with Gasteiger partial charge in [0.25, 0.3) is 0 Å². The highest BCUT2D eigenvalue weighted by molar-refractivity contribution is 5.90. The van der Waals surface area contributed by atoms with Gasteiger partial charge in [-0.05, 0) is 74.5 Å². The quantitative estimate of drug-likeness (QED) is 0.275. The predicted octanol–water partition coefficient (Wildman–Crippen LogP) is 8.47. The van der Waals surface area contributed by atoms with Gasteiger partial charge in [0.05, 0.1) is 11.4 Å². The van der Waals surface area contributed by atoms with Crippen molar-refractivity contribution in [2.75, 3.05) is 11.9 Å². The molecule has 2 N–H and O–H groups in total. The van der Waals surface area contributed by atoms with Gasteiger partial charge >= 0.3 is 0 Å². The Bertz CT molecular complexity index is 1640. The highest BCUT2D eigenvalue weighted by Crippen LogP contribution is 2.48. The third-order valence-electron chi connectivity index (χ3n) is 7.04. The second kappa shape index (κ2) is 7.28. The van der Waals surface area contributed by atoms with Gasteiger partial charge in [-0.2, -0.15) is 0 Å². The lowest BCUT2D eigenvalue weighted by molar-refractivity contribution is 0.476. The van der Waals surface area contributed by atoms with Crippen LogP contribution in [0.5, 0.6) is 11.5 Å². The number of hydrogen-bond donors (Lipinski definition) is 2. The lowest BCUT2D eigenvalue weighted by Gasteiger charge is -2.30. The van der Waals surface area contributed by atoms with Crippen LogP contribution in [0.1, 0.15) is 11.1 Å². The van der Waals surface area contributed by atoms with E-state index in [4.69, 9.17) is 4.74 Å². The minimum atomic E-state index is 0.858. The van der Waals surface area contributed by atoms with Crippen molar-refractivity contribution in [3.63, 3.8) is 0 Å². The third-order valence-corrected chi connectivity index (χ3v) is 7.04. The number of aromatic nitrogens is 2. The maximum atomic E-state index is 6.49. The molecule has 2 aromatic heterocycles. The molecule has 4 aromatic carbocycles. The van der Waals surface area contributed by atoms with Crippen molar-refractivity contribution in [1.29, 1.82) is 0 Å². The first-order valence-corrected chi connectivity index (χ1v) is 11.9. The van der Waals surface area contributed by atoms with Gasteiger partial charge in [-0.15, -0.1) is 0 Å². The second-order valence-electron chi connectivity index (χ2n) is 9.57. The molecule has 0 atom stereocenters. The molecule has 1 aliphatic rings. The molecule has 0 aliphatic carbocycles. The number of aryl methyl sites for hydroxylation is 2. The van der Waals surface area contributed by atoms with Gasteiger partial charge in [0.1, 0.15) is 0 Å². The molecule has 7 rings (SSSR count). The van der Waals surface area contributed by atoms with Crippen molar-refractivity contribution in [3.8, 4) is 34.0 Å². The van der Waals surface area contributed by atoms with Crippen LogP contribution in [-0.4, -0.2) is 17.0 Å². The third kappa shape index (κ3) is 3.22. The van der Waals surface area contributed by atoms with Crippen LogP contribution in [0.2, 0.25) is 0 Å². The highest BCUT2D eigenvalue weighted by atomic mass is 16.5. The van der Waals surface area contributed by atoms with Gasteiger partial charge in [0, 0.05) is 51.4 Å². The number of nitrogens with one attached hydrogen (secondary N) is 2. The van der Waals surface area contributed by atoms with Gasteiger partial charge in [-0.1, -0.05) is 35.4 Å². The van der Waals surface area contributed by atoms with Gasteiger partial charge < -0.3 is 19.6 Å². The minimum absolute atomic E-state index is 0.858. The maximum absolute atomic E-state index is 6.49. The Labute approximate surface area is 203 Å². The zero-order valence-electron chi connectivity index (χ0n) is 19.9. The van der Waals surface area contributed by atoms with Crippen LogP contribution in [0.3, 0.4) is 0 Å². The standard InChI is InChI=1S/C31H25N3O/c1-18-4-8-24-22(12-18)14-26(32-24)20-6-10-28-30(16-20)35-31-17-21(7-11-29(31)34(28)3)27-15-23-13-19(2)5-9-25(23)33-27/h4-17,32-33H,1-3H3. The van der Waals surface area contributed by atoms with E-state index in [1.165, 1.54) is 21.9 Å². The summed E-state index contributed by atoms with van der Waals surface area (Å²) in [7, 11) is 2.09.